The van der Waals surface area contributed by atoms with Crippen LogP contribution in [0.4, 0.5) is 15.8 Å². The number of non-ortho nitro benzene ring substituents is 1. The summed E-state index contributed by atoms with van der Waals surface area (Å²) in [5, 5.41) is 22.2. The van der Waals surface area contributed by atoms with Crippen LogP contribution in [0.3, 0.4) is 0 Å². The van der Waals surface area contributed by atoms with Crippen LogP contribution in [0, 0.1) is 21.3 Å². The van der Waals surface area contributed by atoms with Crippen molar-refractivity contribution < 1.29 is 19.2 Å². The first-order valence-electron chi connectivity index (χ1n) is 6.60. The Hall–Kier alpha value is -2.18. The molecule has 0 aliphatic heterocycles. The molecule has 7 heteroatoms. The molecule has 0 saturated carbocycles. The number of nitrogens with one attached hydrogen (secondary N) is 1. The van der Waals surface area contributed by atoms with Crippen LogP contribution < -0.4 is 5.32 Å². The van der Waals surface area contributed by atoms with Crippen LogP contribution in [-0.4, -0.2) is 22.5 Å². The number of carbonyl (C=O) groups is 1. The van der Waals surface area contributed by atoms with Gasteiger partial charge in [-0.1, -0.05) is 13.8 Å². The van der Waals surface area contributed by atoms with Crippen molar-refractivity contribution in [1.82, 2.24) is 0 Å². The topological polar surface area (TPSA) is 92.5 Å². The number of carboxylic acid groups (broad SMARTS) is 1. The summed E-state index contributed by atoms with van der Waals surface area (Å²) in [5.74, 6) is -1.51. The minimum Gasteiger partial charge on any atom is -0.481 e. The molecular weight excluding hydrogens is 279 g/mol. The largest absolute Gasteiger partial charge is 0.481 e. The minimum absolute atomic E-state index is 0.0957. The fourth-order valence-corrected chi connectivity index (χ4v) is 1.90. The summed E-state index contributed by atoms with van der Waals surface area (Å²) in [6, 6.07) is 3.33. The summed E-state index contributed by atoms with van der Waals surface area (Å²) in [6.45, 7) is 4.38. The Bertz CT molecular complexity index is 532. The maximum atomic E-state index is 13.2. The van der Waals surface area contributed by atoms with Gasteiger partial charge in [-0.25, -0.2) is 4.39 Å². The Kier molecular flexibility index (Phi) is 5.63. The minimum atomic E-state index is -0.836. The molecule has 0 spiro atoms. The molecule has 1 rings (SSSR count). The molecular formula is C14H19FN2O4. The predicted octanol–water partition coefficient (Wildman–Crippen LogP) is 3.43. The van der Waals surface area contributed by atoms with E-state index < -0.39 is 16.7 Å². The molecule has 0 radical (unpaired) electrons. The first-order valence-corrected chi connectivity index (χ1v) is 6.60. The lowest BCUT2D eigenvalue weighted by Gasteiger charge is -2.24. The fraction of sp³-hybridized carbons (Fsp3) is 0.500. The number of hydrogen-bond donors (Lipinski definition) is 2. The fourth-order valence-electron chi connectivity index (χ4n) is 1.90. The zero-order chi connectivity index (χ0) is 16.0. The van der Waals surface area contributed by atoms with Gasteiger partial charge in [0.2, 0.25) is 0 Å². The molecule has 0 aliphatic carbocycles. The van der Waals surface area contributed by atoms with E-state index in [4.69, 9.17) is 5.11 Å². The second kappa shape index (κ2) is 7.01. The van der Waals surface area contributed by atoms with Crippen LogP contribution in [-0.2, 0) is 4.79 Å². The van der Waals surface area contributed by atoms with E-state index >= 15 is 0 Å². The third kappa shape index (κ3) is 6.20. The predicted molar refractivity (Wildman–Crippen MR) is 76.8 cm³/mol. The Morgan fingerprint density at radius 3 is 2.62 bits per heavy atom. The molecule has 0 aromatic heterocycles. The van der Waals surface area contributed by atoms with Gasteiger partial charge in [0.25, 0.3) is 5.69 Å². The van der Waals surface area contributed by atoms with Gasteiger partial charge in [0.1, 0.15) is 5.82 Å². The molecule has 1 aromatic rings. The van der Waals surface area contributed by atoms with Gasteiger partial charge in [-0.3, -0.25) is 14.9 Å². The summed E-state index contributed by atoms with van der Waals surface area (Å²) in [5.41, 5.74) is -0.136. The molecule has 0 bridgehead atoms. The lowest BCUT2D eigenvalue weighted by Crippen LogP contribution is -2.18. The van der Waals surface area contributed by atoms with Crippen LogP contribution >= 0.6 is 0 Å². The lowest BCUT2D eigenvalue weighted by molar-refractivity contribution is -0.385. The first kappa shape index (κ1) is 16.9. The smallest absolute Gasteiger partial charge is 0.303 e. The molecule has 0 heterocycles. The number of hydrogen-bond acceptors (Lipinski definition) is 4. The number of benzene rings is 1. The molecule has 1 aromatic carbocycles. The monoisotopic (exact) mass is 298 g/mol. The molecule has 6 nitrogen and oxygen atoms in total. The van der Waals surface area contributed by atoms with E-state index in [-0.39, 0.29) is 17.5 Å². The third-order valence-corrected chi connectivity index (χ3v) is 3.24. The first-order chi connectivity index (χ1) is 9.69. The molecule has 0 fully saturated rings. The Morgan fingerprint density at radius 2 is 2.05 bits per heavy atom. The molecule has 0 aliphatic rings. The van der Waals surface area contributed by atoms with Gasteiger partial charge in [-0.15, -0.1) is 0 Å². The number of nitrogens with zero attached hydrogens (tertiary/aromatic N) is 1. The summed E-state index contributed by atoms with van der Waals surface area (Å²) < 4.78 is 13.2. The molecule has 21 heavy (non-hydrogen) atoms. The summed E-state index contributed by atoms with van der Waals surface area (Å²) in [7, 11) is 0. The van der Waals surface area contributed by atoms with Gasteiger partial charge >= 0.3 is 5.97 Å². The zero-order valence-electron chi connectivity index (χ0n) is 12.1. The highest BCUT2D eigenvalue weighted by Crippen LogP contribution is 2.27. The summed E-state index contributed by atoms with van der Waals surface area (Å²) in [4.78, 5) is 20.6. The van der Waals surface area contributed by atoms with Crippen LogP contribution in [0.1, 0.15) is 33.1 Å². The van der Waals surface area contributed by atoms with Gasteiger partial charge in [0, 0.05) is 24.7 Å². The van der Waals surface area contributed by atoms with E-state index in [2.05, 4.69) is 5.32 Å². The Morgan fingerprint density at radius 1 is 1.38 bits per heavy atom. The number of carboxylic acids is 1. The van der Waals surface area contributed by atoms with Crippen LogP contribution in [0.15, 0.2) is 18.2 Å². The number of nitro groups is 1. The normalized spacial score (nSPS) is 11.2. The van der Waals surface area contributed by atoms with Crippen molar-refractivity contribution in [2.75, 3.05) is 11.9 Å². The Balaban J connectivity index is 2.55. The molecule has 0 unspecified atom stereocenters. The number of rotatable bonds is 8. The van der Waals surface area contributed by atoms with E-state index in [0.29, 0.717) is 25.1 Å². The third-order valence-electron chi connectivity index (χ3n) is 3.24. The van der Waals surface area contributed by atoms with E-state index in [0.717, 1.165) is 6.07 Å². The van der Waals surface area contributed by atoms with Crippen molar-refractivity contribution in [3.8, 4) is 0 Å². The van der Waals surface area contributed by atoms with E-state index in [9.17, 15) is 19.3 Å². The zero-order valence-corrected chi connectivity index (χ0v) is 12.1. The molecule has 116 valence electrons. The molecule has 0 amide bonds. The van der Waals surface area contributed by atoms with E-state index in [1.807, 2.05) is 13.8 Å². The van der Waals surface area contributed by atoms with Gasteiger partial charge in [-0.05, 0) is 24.3 Å². The van der Waals surface area contributed by atoms with Gasteiger partial charge in [-0.2, -0.15) is 0 Å². The number of halogens is 1. The highest BCUT2D eigenvalue weighted by Gasteiger charge is 2.19. The highest BCUT2D eigenvalue weighted by molar-refractivity contribution is 5.66. The summed E-state index contributed by atoms with van der Waals surface area (Å²) in [6.07, 6.45) is 1.30. The average molecular weight is 298 g/mol. The lowest BCUT2D eigenvalue weighted by atomic mass is 9.84. The van der Waals surface area contributed by atoms with Crippen LogP contribution in [0.5, 0.6) is 0 Å². The number of aliphatic carboxylic acids is 1. The van der Waals surface area contributed by atoms with Crippen molar-refractivity contribution in [3.63, 3.8) is 0 Å². The Labute approximate surface area is 122 Å². The maximum absolute atomic E-state index is 13.2. The van der Waals surface area contributed by atoms with Crippen molar-refractivity contribution in [2.45, 2.75) is 33.1 Å². The number of anilines is 1. The van der Waals surface area contributed by atoms with Crippen molar-refractivity contribution in [2.24, 2.45) is 5.41 Å². The van der Waals surface area contributed by atoms with Crippen molar-refractivity contribution in [1.29, 1.82) is 0 Å². The van der Waals surface area contributed by atoms with Crippen LogP contribution in [0.25, 0.3) is 0 Å². The summed E-state index contributed by atoms with van der Waals surface area (Å²) >= 11 is 0. The highest BCUT2D eigenvalue weighted by atomic mass is 19.1. The van der Waals surface area contributed by atoms with Crippen molar-refractivity contribution >= 4 is 17.3 Å². The SMILES string of the molecule is CC(C)(CCNc1cc(F)cc([N+](=O)[O-])c1)CCC(=O)O. The van der Waals surface area contributed by atoms with E-state index in [1.54, 1.807) is 0 Å². The van der Waals surface area contributed by atoms with Gasteiger partial charge in [0.15, 0.2) is 0 Å². The molecule has 0 atom stereocenters. The van der Waals surface area contributed by atoms with E-state index in [1.165, 1.54) is 12.1 Å². The van der Waals surface area contributed by atoms with Crippen LogP contribution in [0.2, 0.25) is 0 Å². The number of nitro benzene ring substituents is 1. The quantitative estimate of drug-likeness (QED) is 0.566. The van der Waals surface area contributed by atoms with Gasteiger partial charge < -0.3 is 10.4 Å². The molecule has 0 saturated heterocycles. The average Bonchev–Trinajstić information content (AvgIpc) is 2.35. The maximum Gasteiger partial charge on any atom is 0.303 e. The standard InChI is InChI=1S/C14H19FN2O4/c1-14(2,4-3-13(18)19)5-6-16-11-7-10(15)8-12(9-11)17(20)21/h7-9,16H,3-6H2,1-2H3,(H,18,19). The van der Waals surface area contributed by atoms with Gasteiger partial charge in [0.05, 0.1) is 11.0 Å². The second-order valence-electron chi connectivity index (χ2n) is 5.69. The second-order valence-corrected chi connectivity index (χ2v) is 5.69. The van der Waals surface area contributed by atoms with Crippen molar-refractivity contribution in [3.05, 3.63) is 34.1 Å². The molecule has 2 N–H and O–H groups in total.